The summed E-state index contributed by atoms with van der Waals surface area (Å²) in [5.74, 6) is -1.57. The van der Waals surface area contributed by atoms with Crippen molar-refractivity contribution in [1.29, 1.82) is 0 Å². The molecule has 0 bridgehead atoms. The summed E-state index contributed by atoms with van der Waals surface area (Å²) in [7, 11) is 0. The molecule has 1 atom stereocenters. The molecule has 1 aliphatic heterocycles. The maximum atomic E-state index is 13.4. The van der Waals surface area contributed by atoms with Crippen LogP contribution in [0.15, 0.2) is 12.1 Å². The van der Waals surface area contributed by atoms with E-state index in [2.05, 4.69) is 0 Å². The Hall–Kier alpha value is -1.36. The van der Waals surface area contributed by atoms with Crippen LogP contribution in [-0.2, 0) is 4.74 Å². The largest absolute Gasteiger partial charge is 0.483 e. The quantitative estimate of drug-likeness (QED) is 0.790. The number of rotatable bonds is 2. The van der Waals surface area contributed by atoms with Crippen LogP contribution in [0.4, 0.5) is 14.5 Å². The monoisotopic (exact) mass is 229 g/mol. The maximum Gasteiger partial charge on any atom is 0.178 e. The highest BCUT2D eigenvalue weighted by Gasteiger charge is 2.19. The molecule has 5 heteroatoms. The van der Waals surface area contributed by atoms with E-state index < -0.39 is 11.6 Å². The summed E-state index contributed by atoms with van der Waals surface area (Å²) >= 11 is 0. The zero-order chi connectivity index (χ0) is 11.5. The Balaban J connectivity index is 2.14. The second kappa shape index (κ2) is 4.65. The van der Waals surface area contributed by atoms with Gasteiger partial charge in [-0.15, -0.1) is 0 Å². The predicted octanol–water partition coefficient (Wildman–Crippen LogP) is 2.10. The standard InChI is InChI=1S/C11H13F2NO2/c12-7-4-9(13)11(10(14)5-7)16-8-2-1-3-15-6-8/h4-5,8H,1-3,6,14H2. The first-order valence-corrected chi connectivity index (χ1v) is 5.16. The van der Waals surface area contributed by atoms with Crippen LogP contribution in [0.2, 0.25) is 0 Å². The molecular weight excluding hydrogens is 216 g/mol. The lowest BCUT2D eigenvalue weighted by Crippen LogP contribution is -2.28. The molecule has 1 heterocycles. The van der Waals surface area contributed by atoms with E-state index in [1.807, 2.05) is 0 Å². The van der Waals surface area contributed by atoms with Gasteiger partial charge in [-0.2, -0.15) is 0 Å². The molecule has 1 saturated heterocycles. The summed E-state index contributed by atoms with van der Waals surface area (Å²) in [6, 6.07) is 1.80. The average Bonchev–Trinajstić information content (AvgIpc) is 2.25. The molecule has 1 aromatic rings. The molecule has 0 spiro atoms. The van der Waals surface area contributed by atoms with E-state index in [-0.39, 0.29) is 17.5 Å². The van der Waals surface area contributed by atoms with Gasteiger partial charge < -0.3 is 15.2 Å². The van der Waals surface area contributed by atoms with Gasteiger partial charge in [0.05, 0.1) is 12.3 Å². The Morgan fingerprint density at radius 2 is 2.19 bits per heavy atom. The third-order valence-corrected chi connectivity index (χ3v) is 2.44. The topological polar surface area (TPSA) is 44.5 Å². The molecule has 1 aliphatic rings. The smallest absolute Gasteiger partial charge is 0.178 e. The van der Waals surface area contributed by atoms with Gasteiger partial charge in [0.1, 0.15) is 11.9 Å². The van der Waals surface area contributed by atoms with Gasteiger partial charge in [-0.1, -0.05) is 0 Å². The summed E-state index contributed by atoms with van der Waals surface area (Å²) in [6.07, 6.45) is 1.44. The van der Waals surface area contributed by atoms with Crippen LogP contribution >= 0.6 is 0 Å². The fourth-order valence-electron chi connectivity index (χ4n) is 1.68. The number of halogens is 2. The van der Waals surface area contributed by atoms with Crippen molar-refractivity contribution in [3.8, 4) is 5.75 Å². The Labute approximate surface area is 92.1 Å². The molecule has 3 nitrogen and oxygen atoms in total. The molecule has 88 valence electrons. The molecule has 0 amide bonds. The molecule has 0 aliphatic carbocycles. The normalized spacial score (nSPS) is 20.8. The first kappa shape index (κ1) is 11.1. The first-order valence-electron chi connectivity index (χ1n) is 5.16. The maximum absolute atomic E-state index is 13.4. The van der Waals surface area contributed by atoms with E-state index in [1.54, 1.807) is 0 Å². The van der Waals surface area contributed by atoms with Crippen molar-refractivity contribution >= 4 is 5.69 Å². The lowest BCUT2D eigenvalue weighted by Gasteiger charge is -2.24. The van der Waals surface area contributed by atoms with Crippen LogP contribution < -0.4 is 10.5 Å². The van der Waals surface area contributed by atoms with Crippen molar-refractivity contribution in [1.82, 2.24) is 0 Å². The fourth-order valence-corrected chi connectivity index (χ4v) is 1.68. The third kappa shape index (κ3) is 2.41. The van der Waals surface area contributed by atoms with Gasteiger partial charge in [-0.05, 0) is 12.8 Å². The Kier molecular flexibility index (Phi) is 3.24. The highest BCUT2D eigenvalue weighted by Crippen LogP contribution is 2.28. The number of hydrogen-bond donors (Lipinski definition) is 1. The lowest BCUT2D eigenvalue weighted by atomic mass is 10.1. The van der Waals surface area contributed by atoms with Crippen LogP contribution in [0, 0.1) is 11.6 Å². The Morgan fingerprint density at radius 1 is 1.38 bits per heavy atom. The van der Waals surface area contributed by atoms with Gasteiger partial charge in [0.25, 0.3) is 0 Å². The SMILES string of the molecule is Nc1cc(F)cc(F)c1OC1CCCOC1. The molecule has 0 saturated carbocycles. The number of nitrogen functional groups attached to an aromatic ring is 1. The summed E-state index contributed by atoms with van der Waals surface area (Å²) in [4.78, 5) is 0. The zero-order valence-electron chi connectivity index (χ0n) is 8.71. The van der Waals surface area contributed by atoms with Gasteiger partial charge in [-0.25, -0.2) is 8.78 Å². The molecule has 0 aromatic heterocycles. The number of anilines is 1. The Bertz CT molecular complexity index is 355. The van der Waals surface area contributed by atoms with Crippen molar-refractivity contribution in [2.24, 2.45) is 0 Å². The molecule has 0 radical (unpaired) electrons. The number of hydrogen-bond acceptors (Lipinski definition) is 3. The van der Waals surface area contributed by atoms with E-state index in [0.29, 0.717) is 13.2 Å². The van der Waals surface area contributed by atoms with E-state index >= 15 is 0 Å². The van der Waals surface area contributed by atoms with Crippen LogP contribution in [0.5, 0.6) is 5.75 Å². The zero-order valence-corrected chi connectivity index (χ0v) is 8.71. The molecule has 2 N–H and O–H groups in total. The predicted molar refractivity (Wildman–Crippen MR) is 55.2 cm³/mol. The summed E-state index contributed by atoms with van der Waals surface area (Å²) in [5, 5.41) is 0. The fraction of sp³-hybridized carbons (Fsp3) is 0.455. The number of nitrogens with two attached hydrogens (primary N) is 1. The van der Waals surface area contributed by atoms with Gasteiger partial charge in [0, 0.05) is 18.7 Å². The van der Waals surface area contributed by atoms with E-state index in [9.17, 15) is 8.78 Å². The minimum Gasteiger partial charge on any atom is -0.483 e. The highest BCUT2D eigenvalue weighted by molar-refractivity contribution is 5.53. The van der Waals surface area contributed by atoms with E-state index in [0.717, 1.165) is 25.0 Å². The van der Waals surface area contributed by atoms with Gasteiger partial charge >= 0.3 is 0 Å². The second-order valence-electron chi connectivity index (χ2n) is 3.76. The van der Waals surface area contributed by atoms with Gasteiger partial charge in [0.15, 0.2) is 11.6 Å². The second-order valence-corrected chi connectivity index (χ2v) is 3.76. The van der Waals surface area contributed by atoms with Crippen molar-refractivity contribution in [2.75, 3.05) is 18.9 Å². The molecule has 1 unspecified atom stereocenters. The molecular formula is C11H13F2NO2. The van der Waals surface area contributed by atoms with Crippen molar-refractivity contribution in [2.45, 2.75) is 18.9 Å². The van der Waals surface area contributed by atoms with Crippen LogP contribution in [0.1, 0.15) is 12.8 Å². The minimum atomic E-state index is -0.775. The number of ether oxygens (including phenoxy) is 2. The lowest BCUT2D eigenvalue weighted by molar-refractivity contribution is 0.00619. The van der Waals surface area contributed by atoms with Crippen LogP contribution in [0.3, 0.4) is 0 Å². The molecule has 1 fully saturated rings. The van der Waals surface area contributed by atoms with Crippen molar-refractivity contribution < 1.29 is 18.3 Å². The molecule has 2 rings (SSSR count). The van der Waals surface area contributed by atoms with Gasteiger partial charge in [-0.3, -0.25) is 0 Å². The summed E-state index contributed by atoms with van der Waals surface area (Å²) < 4.78 is 36.7. The Morgan fingerprint density at radius 3 is 2.81 bits per heavy atom. The summed E-state index contributed by atoms with van der Waals surface area (Å²) in [6.45, 7) is 1.11. The average molecular weight is 229 g/mol. The van der Waals surface area contributed by atoms with Gasteiger partial charge in [0.2, 0.25) is 0 Å². The van der Waals surface area contributed by atoms with Crippen molar-refractivity contribution in [3.63, 3.8) is 0 Å². The molecule has 1 aromatic carbocycles. The van der Waals surface area contributed by atoms with E-state index in [4.69, 9.17) is 15.2 Å². The third-order valence-electron chi connectivity index (χ3n) is 2.44. The van der Waals surface area contributed by atoms with Crippen molar-refractivity contribution in [3.05, 3.63) is 23.8 Å². The van der Waals surface area contributed by atoms with E-state index in [1.165, 1.54) is 0 Å². The minimum absolute atomic E-state index is 0.0249. The first-order chi connectivity index (χ1) is 7.66. The molecule has 16 heavy (non-hydrogen) atoms. The highest BCUT2D eigenvalue weighted by atomic mass is 19.1. The van der Waals surface area contributed by atoms with Crippen LogP contribution in [-0.4, -0.2) is 19.3 Å². The summed E-state index contributed by atoms with van der Waals surface area (Å²) in [5.41, 5.74) is 5.47. The van der Waals surface area contributed by atoms with Crippen LogP contribution in [0.25, 0.3) is 0 Å². The number of benzene rings is 1.